The Morgan fingerprint density at radius 3 is 3.07 bits per heavy atom. The molecule has 15 heavy (non-hydrogen) atoms. The van der Waals surface area contributed by atoms with Gasteiger partial charge in [0, 0.05) is 17.5 Å². The van der Waals surface area contributed by atoms with E-state index in [4.69, 9.17) is 0 Å². The van der Waals surface area contributed by atoms with E-state index in [2.05, 4.69) is 17.6 Å². The van der Waals surface area contributed by atoms with Crippen LogP contribution in [0.2, 0.25) is 0 Å². The van der Waals surface area contributed by atoms with Crippen LogP contribution in [0.15, 0.2) is 5.38 Å². The first kappa shape index (κ1) is 9.86. The van der Waals surface area contributed by atoms with Crippen LogP contribution in [-0.2, 0) is 19.4 Å². The molecule has 2 aliphatic carbocycles. The first-order chi connectivity index (χ1) is 7.33. The van der Waals surface area contributed by atoms with Gasteiger partial charge in [0.05, 0.1) is 0 Å². The molecule has 0 spiro atoms. The summed E-state index contributed by atoms with van der Waals surface area (Å²) in [6.07, 6.45) is 6.82. The van der Waals surface area contributed by atoms with Gasteiger partial charge in [-0.2, -0.15) is 0 Å². The molecule has 1 N–H and O–H groups in total. The zero-order valence-corrected chi connectivity index (χ0v) is 10.2. The summed E-state index contributed by atoms with van der Waals surface area (Å²) in [5, 5.41) is 6.01. The van der Waals surface area contributed by atoms with Gasteiger partial charge in [-0.15, -0.1) is 11.3 Å². The van der Waals surface area contributed by atoms with E-state index in [1.165, 1.54) is 32.1 Å². The van der Waals surface area contributed by atoms with Crippen molar-refractivity contribution in [3.05, 3.63) is 21.4 Å². The van der Waals surface area contributed by atoms with Crippen molar-refractivity contribution in [1.82, 2.24) is 5.32 Å². The maximum atomic E-state index is 3.63. The number of rotatable bonds is 3. The molecule has 1 aromatic heterocycles. The first-order valence-corrected chi connectivity index (χ1v) is 7.02. The Hall–Kier alpha value is -0.340. The van der Waals surface area contributed by atoms with Crippen molar-refractivity contribution in [1.29, 1.82) is 0 Å². The van der Waals surface area contributed by atoms with E-state index in [1.54, 1.807) is 16.0 Å². The molecule has 1 unspecified atom stereocenters. The Bertz CT molecular complexity index is 351. The molecule has 3 rings (SSSR count). The molecule has 0 amide bonds. The minimum atomic E-state index is 0.836. The lowest BCUT2D eigenvalue weighted by Crippen LogP contribution is -2.17. The van der Waals surface area contributed by atoms with Crippen LogP contribution in [-0.4, -0.2) is 6.04 Å². The normalized spacial score (nSPS) is 25.3. The Labute approximate surface area is 95.9 Å². The third-order valence-electron chi connectivity index (χ3n) is 3.65. The number of fused-ring (bicyclic) bond motifs is 1. The third kappa shape index (κ3) is 2.11. The van der Waals surface area contributed by atoms with Gasteiger partial charge in [-0.3, -0.25) is 0 Å². The molecule has 1 fully saturated rings. The van der Waals surface area contributed by atoms with Crippen molar-refractivity contribution in [2.24, 2.45) is 5.92 Å². The van der Waals surface area contributed by atoms with Crippen molar-refractivity contribution in [3.63, 3.8) is 0 Å². The predicted octanol–water partition coefficient (Wildman–Crippen LogP) is 3.12. The van der Waals surface area contributed by atoms with Gasteiger partial charge in [0.2, 0.25) is 0 Å². The molecular weight excluding hydrogens is 202 g/mol. The molecule has 1 atom stereocenters. The minimum absolute atomic E-state index is 0.836. The summed E-state index contributed by atoms with van der Waals surface area (Å²) < 4.78 is 0. The molecule has 2 aliphatic rings. The Kier molecular flexibility index (Phi) is 2.57. The van der Waals surface area contributed by atoms with Crippen molar-refractivity contribution in [2.45, 2.75) is 51.6 Å². The molecule has 2 heteroatoms. The Morgan fingerprint density at radius 1 is 1.40 bits per heavy atom. The fourth-order valence-electron chi connectivity index (χ4n) is 2.43. The van der Waals surface area contributed by atoms with Gasteiger partial charge in [-0.1, -0.05) is 6.92 Å². The van der Waals surface area contributed by atoms with Crippen molar-refractivity contribution >= 4 is 11.3 Å². The Morgan fingerprint density at radius 2 is 2.27 bits per heavy atom. The molecular formula is C13H19NS. The van der Waals surface area contributed by atoms with E-state index in [-0.39, 0.29) is 0 Å². The summed E-state index contributed by atoms with van der Waals surface area (Å²) >= 11 is 1.99. The Balaban J connectivity index is 1.72. The van der Waals surface area contributed by atoms with Gasteiger partial charge in [0.15, 0.2) is 0 Å². The van der Waals surface area contributed by atoms with Crippen LogP contribution in [0, 0.1) is 5.92 Å². The molecule has 1 saturated carbocycles. The molecule has 1 heterocycles. The predicted molar refractivity (Wildman–Crippen MR) is 65.4 cm³/mol. The second-order valence-corrected chi connectivity index (χ2v) is 6.13. The largest absolute Gasteiger partial charge is 0.310 e. The van der Waals surface area contributed by atoms with Crippen LogP contribution in [0.1, 0.15) is 42.2 Å². The molecule has 82 valence electrons. The van der Waals surface area contributed by atoms with Crippen LogP contribution in [0.5, 0.6) is 0 Å². The van der Waals surface area contributed by atoms with Crippen molar-refractivity contribution in [2.75, 3.05) is 0 Å². The van der Waals surface area contributed by atoms with Crippen LogP contribution in [0.4, 0.5) is 0 Å². The standard InChI is InChI=1S/C13H19NS/c1-9-2-5-12-10(7-14-11-3-4-11)8-15-13(12)6-9/h8-9,11,14H,2-7H2,1H3. The fourth-order valence-corrected chi connectivity index (χ4v) is 3.70. The number of nitrogens with one attached hydrogen (secondary N) is 1. The maximum absolute atomic E-state index is 3.63. The zero-order valence-electron chi connectivity index (χ0n) is 9.38. The van der Waals surface area contributed by atoms with Crippen LogP contribution in [0.3, 0.4) is 0 Å². The fraction of sp³-hybridized carbons (Fsp3) is 0.692. The topological polar surface area (TPSA) is 12.0 Å². The summed E-state index contributed by atoms with van der Waals surface area (Å²) in [4.78, 5) is 1.67. The van der Waals surface area contributed by atoms with E-state index in [0.29, 0.717) is 0 Å². The second kappa shape index (κ2) is 3.91. The lowest BCUT2D eigenvalue weighted by atomic mass is 9.88. The monoisotopic (exact) mass is 221 g/mol. The highest BCUT2D eigenvalue weighted by Crippen LogP contribution is 2.33. The van der Waals surface area contributed by atoms with Gasteiger partial charge in [-0.05, 0) is 54.5 Å². The first-order valence-electron chi connectivity index (χ1n) is 6.14. The smallest absolute Gasteiger partial charge is 0.0219 e. The molecule has 0 radical (unpaired) electrons. The van der Waals surface area contributed by atoms with Gasteiger partial charge >= 0.3 is 0 Å². The lowest BCUT2D eigenvalue weighted by Gasteiger charge is -2.19. The van der Waals surface area contributed by atoms with E-state index in [0.717, 1.165) is 18.5 Å². The third-order valence-corrected chi connectivity index (χ3v) is 4.75. The average molecular weight is 221 g/mol. The quantitative estimate of drug-likeness (QED) is 0.827. The molecule has 0 bridgehead atoms. The summed E-state index contributed by atoms with van der Waals surface area (Å²) in [7, 11) is 0. The summed E-state index contributed by atoms with van der Waals surface area (Å²) in [6.45, 7) is 3.50. The molecule has 1 aromatic rings. The number of hydrogen-bond acceptors (Lipinski definition) is 2. The highest BCUT2D eigenvalue weighted by atomic mass is 32.1. The van der Waals surface area contributed by atoms with E-state index in [9.17, 15) is 0 Å². The molecule has 0 saturated heterocycles. The summed E-state index contributed by atoms with van der Waals surface area (Å²) in [5.41, 5.74) is 3.28. The van der Waals surface area contributed by atoms with Gasteiger partial charge in [-0.25, -0.2) is 0 Å². The van der Waals surface area contributed by atoms with Crippen molar-refractivity contribution in [3.8, 4) is 0 Å². The molecule has 1 nitrogen and oxygen atoms in total. The summed E-state index contributed by atoms with van der Waals surface area (Å²) in [5.74, 6) is 0.903. The molecule has 0 aromatic carbocycles. The van der Waals surface area contributed by atoms with E-state index < -0.39 is 0 Å². The number of thiophene rings is 1. The zero-order chi connectivity index (χ0) is 10.3. The lowest BCUT2D eigenvalue weighted by molar-refractivity contribution is 0.504. The SMILES string of the molecule is CC1CCc2c(CNC3CC3)csc2C1. The minimum Gasteiger partial charge on any atom is -0.310 e. The van der Waals surface area contributed by atoms with Gasteiger partial charge < -0.3 is 5.32 Å². The second-order valence-electron chi connectivity index (χ2n) is 5.17. The van der Waals surface area contributed by atoms with Gasteiger partial charge in [0.25, 0.3) is 0 Å². The van der Waals surface area contributed by atoms with Crippen molar-refractivity contribution < 1.29 is 0 Å². The highest BCUT2D eigenvalue weighted by molar-refractivity contribution is 7.10. The van der Waals surface area contributed by atoms with E-state index >= 15 is 0 Å². The van der Waals surface area contributed by atoms with Crippen LogP contribution < -0.4 is 5.32 Å². The number of hydrogen-bond donors (Lipinski definition) is 1. The van der Waals surface area contributed by atoms with Gasteiger partial charge in [0.1, 0.15) is 0 Å². The van der Waals surface area contributed by atoms with E-state index in [1.807, 2.05) is 11.3 Å². The van der Waals surface area contributed by atoms with Crippen LogP contribution >= 0.6 is 11.3 Å². The molecule has 0 aliphatic heterocycles. The average Bonchev–Trinajstić information content (AvgIpc) is 2.97. The summed E-state index contributed by atoms with van der Waals surface area (Å²) in [6, 6.07) is 0.836. The maximum Gasteiger partial charge on any atom is 0.0219 e. The highest BCUT2D eigenvalue weighted by Gasteiger charge is 2.23. The van der Waals surface area contributed by atoms with Crippen LogP contribution in [0.25, 0.3) is 0 Å².